The maximum Gasteiger partial charge on any atom is 0.435 e. The van der Waals surface area contributed by atoms with Crippen molar-refractivity contribution < 1.29 is 26.3 Å². The average molecular weight is 456 g/mol. The Morgan fingerprint density at radius 1 is 0.957 bits per heavy atom. The van der Waals surface area contributed by atoms with Crippen LogP contribution in [0.2, 0.25) is 0 Å². The minimum atomic E-state index is -4.33. The number of halogens is 7. The fourth-order valence-corrected chi connectivity index (χ4v) is 1.26. The molecule has 0 saturated carbocycles. The topological polar surface area (TPSA) is 46.5 Å². The molecule has 0 aliphatic carbocycles. The van der Waals surface area contributed by atoms with Crippen molar-refractivity contribution in [2.45, 2.75) is 26.2 Å². The van der Waals surface area contributed by atoms with E-state index in [-0.39, 0.29) is 0 Å². The van der Waals surface area contributed by atoms with Gasteiger partial charge in [0, 0.05) is 18.4 Å². The quantitative estimate of drug-likeness (QED) is 0.360. The van der Waals surface area contributed by atoms with E-state index in [0.29, 0.717) is 11.4 Å². The molecule has 0 amide bonds. The molecule has 0 saturated heterocycles. The number of rotatable bonds is 0. The molecule has 11 heteroatoms. The van der Waals surface area contributed by atoms with Crippen molar-refractivity contribution in [1.82, 2.24) is 20.0 Å². The Morgan fingerprint density at radius 3 is 1.61 bits per heavy atom. The lowest BCUT2D eigenvalue weighted by molar-refractivity contribution is -0.142. The molecule has 0 unspecified atom stereocenters. The molecule has 0 aliphatic rings. The van der Waals surface area contributed by atoms with Gasteiger partial charge in [-0.05, 0) is 30.9 Å². The summed E-state index contributed by atoms with van der Waals surface area (Å²) in [5.74, 6) is 0. The van der Waals surface area contributed by atoms with Crippen LogP contribution in [0.15, 0.2) is 12.1 Å². The SMILES string of the molecule is CI.Cc1cc(C(F)(F)F)n[nH]1.Cc1cc(C(F)(F)F)nn1C. The molecule has 2 aromatic heterocycles. The molecular weight excluding hydrogens is 441 g/mol. The summed E-state index contributed by atoms with van der Waals surface area (Å²) < 4.78 is 72.1. The lowest BCUT2D eigenvalue weighted by Crippen LogP contribution is -2.06. The van der Waals surface area contributed by atoms with Gasteiger partial charge in [0.15, 0.2) is 11.4 Å². The van der Waals surface area contributed by atoms with Crippen LogP contribution in [0.3, 0.4) is 0 Å². The van der Waals surface area contributed by atoms with E-state index in [1.165, 1.54) is 18.7 Å². The van der Waals surface area contributed by atoms with Crippen LogP contribution in [0, 0.1) is 13.8 Å². The second-order valence-corrected chi connectivity index (χ2v) is 4.23. The molecule has 0 aromatic carbocycles. The number of H-pyrrole nitrogens is 1. The Labute approximate surface area is 142 Å². The Hall–Kier alpha value is -1.27. The lowest BCUT2D eigenvalue weighted by atomic mass is 10.4. The minimum Gasteiger partial charge on any atom is -0.282 e. The van der Waals surface area contributed by atoms with Gasteiger partial charge in [0.1, 0.15) is 0 Å². The zero-order valence-electron chi connectivity index (χ0n) is 12.6. The summed E-state index contributed by atoms with van der Waals surface area (Å²) in [6.07, 6.45) is -8.66. The van der Waals surface area contributed by atoms with Crippen LogP contribution >= 0.6 is 22.6 Å². The fraction of sp³-hybridized carbons (Fsp3) is 0.500. The summed E-state index contributed by atoms with van der Waals surface area (Å²) in [7, 11) is 1.48. The van der Waals surface area contributed by atoms with Crippen molar-refractivity contribution in [2.75, 3.05) is 4.93 Å². The number of nitrogens with one attached hydrogen (secondary N) is 1. The van der Waals surface area contributed by atoms with Gasteiger partial charge in [-0.25, -0.2) is 0 Å². The Balaban J connectivity index is 0.000000381. The van der Waals surface area contributed by atoms with E-state index in [9.17, 15) is 26.3 Å². The minimum absolute atomic E-state index is 0.410. The summed E-state index contributed by atoms with van der Waals surface area (Å²) in [6, 6.07) is 1.97. The van der Waals surface area contributed by atoms with Gasteiger partial charge in [-0.1, -0.05) is 22.6 Å². The van der Waals surface area contributed by atoms with Crippen molar-refractivity contribution in [3.63, 3.8) is 0 Å². The van der Waals surface area contributed by atoms with Crippen LogP contribution in [0.5, 0.6) is 0 Å². The van der Waals surface area contributed by atoms with Gasteiger partial charge in [-0.2, -0.15) is 36.5 Å². The van der Waals surface area contributed by atoms with Crippen LogP contribution in [0.25, 0.3) is 0 Å². The number of aryl methyl sites for hydroxylation is 3. The fourth-order valence-electron chi connectivity index (χ4n) is 1.26. The third-order valence-corrected chi connectivity index (χ3v) is 2.40. The van der Waals surface area contributed by atoms with E-state index in [0.717, 1.165) is 12.1 Å². The molecular formula is C12H15F6IN4. The second kappa shape index (κ2) is 8.55. The van der Waals surface area contributed by atoms with Gasteiger partial charge >= 0.3 is 12.4 Å². The molecule has 2 rings (SSSR count). The first-order valence-corrected chi connectivity index (χ1v) is 8.12. The van der Waals surface area contributed by atoms with E-state index in [4.69, 9.17) is 0 Å². The van der Waals surface area contributed by atoms with Crippen LogP contribution in [0.4, 0.5) is 26.3 Å². The zero-order chi connectivity index (χ0) is 18.4. The maximum absolute atomic E-state index is 11.9. The van der Waals surface area contributed by atoms with E-state index in [1.54, 1.807) is 6.92 Å². The Bertz CT molecular complexity index is 580. The van der Waals surface area contributed by atoms with E-state index in [2.05, 4.69) is 37.9 Å². The zero-order valence-corrected chi connectivity index (χ0v) is 14.8. The van der Waals surface area contributed by atoms with Crippen LogP contribution < -0.4 is 0 Å². The summed E-state index contributed by atoms with van der Waals surface area (Å²) >= 11 is 2.15. The number of alkyl halides is 7. The summed E-state index contributed by atoms with van der Waals surface area (Å²) in [4.78, 5) is 1.97. The van der Waals surface area contributed by atoms with E-state index >= 15 is 0 Å². The van der Waals surface area contributed by atoms with E-state index < -0.39 is 23.7 Å². The van der Waals surface area contributed by atoms with Gasteiger partial charge in [0.2, 0.25) is 0 Å². The highest BCUT2D eigenvalue weighted by atomic mass is 127. The molecule has 0 radical (unpaired) electrons. The van der Waals surface area contributed by atoms with Crippen molar-refractivity contribution >= 4 is 22.6 Å². The summed E-state index contributed by atoms with van der Waals surface area (Å²) in [5.41, 5.74) is -0.799. The molecule has 0 aliphatic heterocycles. The predicted molar refractivity (Wildman–Crippen MR) is 81.2 cm³/mol. The van der Waals surface area contributed by atoms with Crippen molar-refractivity contribution in [3.05, 3.63) is 34.9 Å². The van der Waals surface area contributed by atoms with Crippen LogP contribution in [-0.4, -0.2) is 24.9 Å². The van der Waals surface area contributed by atoms with E-state index in [1.807, 2.05) is 4.93 Å². The largest absolute Gasteiger partial charge is 0.435 e. The lowest BCUT2D eigenvalue weighted by Gasteiger charge is -1.99. The molecule has 132 valence electrons. The molecule has 2 heterocycles. The highest BCUT2D eigenvalue weighted by Gasteiger charge is 2.34. The average Bonchev–Trinajstić information content (AvgIpc) is 2.99. The first-order valence-electron chi connectivity index (χ1n) is 5.96. The van der Waals surface area contributed by atoms with Gasteiger partial charge < -0.3 is 0 Å². The second-order valence-electron chi connectivity index (χ2n) is 4.23. The molecule has 0 bridgehead atoms. The molecule has 23 heavy (non-hydrogen) atoms. The molecule has 2 aromatic rings. The number of aromatic nitrogens is 4. The predicted octanol–water partition coefficient (Wildman–Crippen LogP) is 4.54. The smallest absolute Gasteiger partial charge is 0.282 e. The van der Waals surface area contributed by atoms with Crippen molar-refractivity contribution in [1.29, 1.82) is 0 Å². The first-order chi connectivity index (χ1) is 10.4. The summed E-state index contributed by atoms with van der Waals surface area (Å²) in [5, 5.41) is 8.52. The standard InChI is InChI=1S/C6H7F3N2.C5H5F3N2.CH3I/c1-4-3-5(6(7,8)9)10-11(4)2;1-3-2-4(10-9-3)5(6,7)8;1-2/h3H,1-2H3;2H,1H3,(H,9,10);1H3. The van der Waals surface area contributed by atoms with Gasteiger partial charge in [0.25, 0.3) is 0 Å². The van der Waals surface area contributed by atoms with Gasteiger partial charge in [-0.15, -0.1) is 0 Å². The monoisotopic (exact) mass is 456 g/mol. The third-order valence-electron chi connectivity index (χ3n) is 2.40. The highest BCUT2D eigenvalue weighted by Crippen LogP contribution is 2.28. The number of nitrogens with zero attached hydrogens (tertiary/aromatic N) is 3. The Morgan fingerprint density at radius 2 is 1.43 bits per heavy atom. The maximum atomic E-state index is 11.9. The molecule has 1 N–H and O–H groups in total. The third kappa shape index (κ3) is 7.22. The number of hydrogen-bond acceptors (Lipinski definition) is 2. The number of aromatic amines is 1. The van der Waals surface area contributed by atoms with Gasteiger partial charge in [0.05, 0.1) is 0 Å². The Kier molecular flexibility index (Phi) is 8.07. The van der Waals surface area contributed by atoms with Crippen LogP contribution in [0.1, 0.15) is 22.8 Å². The molecule has 0 atom stereocenters. The van der Waals surface area contributed by atoms with Crippen molar-refractivity contribution in [3.8, 4) is 0 Å². The molecule has 0 spiro atoms. The van der Waals surface area contributed by atoms with Crippen molar-refractivity contribution in [2.24, 2.45) is 7.05 Å². The van der Waals surface area contributed by atoms with Gasteiger partial charge in [-0.3, -0.25) is 9.78 Å². The summed E-state index contributed by atoms with van der Waals surface area (Å²) in [6.45, 7) is 3.09. The first kappa shape index (κ1) is 21.7. The number of hydrogen-bond donors (Lipinski definition) is 1. The molecule has 0 fully saturated rings. The molecule has 4 nitrogen and oxygen atoms in total. The van der Waals surface area contributed by atoms with Crippen LogP contribution in [-0.2, 0) is 19.4 Å². The normalized spacial score (nSPS) is 11.3. The highest BCUT2D eigenvalue weighted by molar-refractivity contribution is 14.1.